The molecule has 7 N–H and O–H groups in total. The van der Waals surface area contributed by atoms with E-state index < -0.39 is 35.9 Å². The Hall–Kier alpha value is -3.67. The SMILES string of the molecule is CNCCCCC(=O)N[C@@H](C(=O)N[C@@H](CCCNC(N)=O)C(=O)Nc1ccc(COC(C)=O)cc1)C(C)C. The molecule has 0 aliphatic rings. The minimum Gasteiger partial charge on any atom is -0.461 e. The Morgan fingerprint density at radius 2 is 1.61 bits per heavy atom. The maximum atomic E-state index is 13.1. The smallest absolute Gasteiger partial charge is 0.312 e. The van der Waals surface area contributed by atoms with Crippen molar-refractivity contribution in [2.75, 3.05) is 25.5 Å². The molecule has 5 amide bonds. The number of esters is 1. The number of anilines is 1. The second-order valence-corrected chi connectivity index (χ2v) is 9.31. The Balaban J connectivity index is 2.86. The van der Waals surface area contributed by atoms with E-state index in [1.165, 1.54) is 6.92 Å². The third-order valence-corrected chi connectivity index (χ3v) is 5.61. The third-order valence-electron chi connectivity index (χ3n) is 5.61. The molecule has 0 radical (unpaired) electrons. The van der Waals surface area contributed by atoms with Crippen molar-refractivity contribution in [3.8, 4) is 0 Å². The van der Waals surface area contributed by atoms with Crippen molar-refractivity contribution in [1.29, 1.82) is 0 Å². The molecule has 0 heterocycles. The summed E-state index contributed by atoms with van der Waals surface area (Å²) in [6.07, 6.45) is 2.44. The zero-order chi connectivity index (χ0) is 28.5. The van der Waals surface area contributed by atoms with Crippen molar-refractivity contribution >= 4 is 35.4 Å². The molecule has 0 saturated carbocycles. The molecule has 0 unspecified atom stereocenters. The summed E-state index contributed by atoms with van der Waals surface area (Å²) < 4.78 is 4.96. The van der Waals surface area contributed by atoms with Gasteiger partial charge in [0, 0.05) is 25.6 Å². The fourth-order valence-electron chi connectivity index (χ4n) is 3.51. The van der Waals surface area contributed by atoms with Crippen molar-refractivity contribution in [2.45, 2.75) is 71.6 Å². The van der Waals surface area contributed by atoms with Gasteiger partial charge in [-0.15, -0.1) is 0 Å². The molecule has 0 bridgehead atoms. The molecular weight excluding hydrogens is 492 g/mol. The Morgan fingerprint density at radius 3 is 2.18 bits per heavy atom. The van der Waals surface area contributed by atoms with Crippen LogP contribution < -0.4 is 32.3 Å². The van der Waals surface area contributed by atoms with Crippen LogP contribution in [0.2, 0.25) is 0 Å². The van der Waals surface area contributed by atoms with Crippen LogP contribution in [-0.4, -0.2) is 61.9 Å². The highest BCUT2D eigenvalue weighted by molar-refractivity contribution is 5.98. The number of amides is 5. The van der Waals surface area contributed by atoms with Crippen LogP contribution in [-0.2, 0) is 30.5 Å². The summed E-state index contributed by atoms with van der Waals surface area (Å²) in [5.74, 6) is -1.75. The number of hydrogen-bond donors (Lipinski definition) is 6. The molecule has 1 aromatic carbocycles. The number of hydrogen-bond acceptors (Lipinski definition) is 7. The minimum atomic E-state index is -0.924. The molecule has 0 spiro atoms. The lowest BCUT2D eigenvalue weighted by Crippen LogP contribution is -2.54. The van der Waals surface area contributed by atoms with Crippen molar-refractivity contribution in [1.82, 2.24) is 21.3 Å². The van der Waals surface area contributed by atoms with Gasteiger partial charge in [-0.1, -0.05) is 26.0 Å². The van der Waals surface area contributed by atoms with E-state index in [9.17, 15) is 24.0 Å². The molecule has 0 saturated heterocycles. The zero-order valence-corrected chi connectivity index (χ0v) is 22.7. The third kappa shape index (κ3) is 13.6. The number of nitrogens with one attached hydrogen (secondary N) is 5. The first-order valence-electron chi connectivity index (χ1n) is 12.8. The largest absolute Gasteiger partial charge is 0.461 e. The van der Waals surface area contributed by atoms with Gasteiger partial charge in [0.2, 0.25) is 17.7 Å². The number of unbranched alkanes of at least 4 members (excludes halogenated alkanes) is 1. The molecule has 1 rings (SSSR count). The van der Waals surface area contributed by atoms with E-state index in [0.717, 1.165) is 18.5 Å². The Bertz CT molecular complexity index is 921. The lowest BCUT2D eigenvalue weighted by Gasteiger charge is -2.25. The molecule has 0 aromatic heterocycles. The van der Waals surface area contributed by atoms with Crippen LogP contribution in [0.1, 0.15) is 58.4 Å². The number of ether oxygens (including phenoxy) is 1. The van der Waals surface area contributed by atoms with E-state index in [1.807, 2.05) is 20.9 Å². The maximum absolute atomic E-state index is 13.1. The van der Waals surface area contributed by atoms with E-state index in [-0.39, 0.29) is 31.4 Å². The van der Waals surface area contributed by atoms with E-state index in [2.05, 4.69) is 26.6 Å². The first-order valence-corrected chi connectivity index (χ1v) is 12.8. The lowest BCUT2D eigenvalue weighted by molar-refractivity contribution is -0.142. The number of carbonyl (C=O) groups is 5. The van der Waals surface area contributed by atoms with E-state index in [4.69, 9.17) is 10.5 Å². The number of benzene rings is 1. The molecular formula is C26H42N6O6. The summed E-state index contributed by atoms with van der Waals surface area (Å²) in [5, 5.41) is 13.8. The average molecular weight is 535 g/mol. The second kappa shape index (κ2) is 17.7. The van der Waals surface area contributed by atoms with Gasteiger partial charge < -0.3 is 37.1 Å². The Labute approximate surface area is 224 Å². The van der Waals surface area contributed by atoms with Crippen molar-refractivity contribution in [3.05, 3.63) is 29.8 Å². The van der Waals surface area contributed by atoms with Crippen molar-refractivity contribution in [3.63, 3.8) is 0 Å². The summed E-state index contributed by atoms with van der Waals surface area (Å²) in [4.78, 5) is 60.6. The van der Waals surface area contributed by atoms with Crippen LogP contribution in [0.25, 0.3) is 0 Å². The quantitative estimate of drug-likeness (QED) is 0.128. The highest BCUT2D eigenvalue weighted by atomic mass is 16.5. The van der Waals surface area contributed by atoms with E-state index in [0.29, 0.717) is 24.9 Å². The lowest BCUT2D eigenvalue weighted by atomic mass is 10.0. The van der Waals surface area contributed by atoms with Gasteiger partial charge >= 0.3 is 12.0 Å². The highest BCUT2D eigenvalue weighted by Crippen LogP contribution is 2.13. The monoisotopic (exact) mass is 534 g/mol. The summed E-state index contributed by atoms with van der Waals surface area (Å²) in [7, 11) is 1.84. The number of nitrogens with two attached hydrogens (primary N) is 1. The fourth-order valence-corrected chi connectivity index (χ4v) is 3.51. The van der Waals surface area contributed by atoms with Gasteiger partial charge in [-0.25, -0.2) is 4.79 Å². The molecule has 0 fully saturated rings. The molecule has 0 aliphatic carbocycles. The maximum Gasteiger partial charge on any atom is 0.312 e. The molecule has 0 aliphatic heterocycles. The van der Waals surface area contributed by atoms with Crippen LogP contribution >= 0.6 is 0 Å². The summed E-state index contributed by atoms with van der Waals surface area (Å²) >= 11 is 0. The number of primary amides is 1. The van der Waals surface area contributed by atoms with Gasteiger partial charge in [0.05, 0.1) is 0 Å². The predicted octanol–water partition coefficient (Wildman–Crippen LogP) is 1.15. The van der Waals surface area contributed by atoms with Crippen LogP contribution in [0.3, 0.4) is 0 Å². The predicted molar refractivity (Wildman–Crippen MR) is 144 cm³/mol. The molecule has 2 atom stereocenters. The molecule has 1 aromatic rings. The first kappa shape index (κ1) is 32.4. The fraction of sp³-hybridized carbons (Fsp3) is 0.577. The van der Waals surface area contributed by atoms with Gasteiger partial charge in [0.25, 0.3) is 0 Å². The van der Waals surface area contributed by atoms with E-state index >= 15 is 0 Å². The van der Waals surface area contributed by atoms with Gasteiger partial charge in [-0.3, -0.25) is 19.2 Å². The molecule has 12 heteroatoms. The van der Waals surface area contributed by atoms with E-state index in [1.54, 1.807) is 24.3 Å². The van der Waals surface area contributed by atoms with Crippen molar-refractivity contribution < 1.29 is 28.7 Å². The van der Waals surface area contributed by atoms with Crippen molar-refractivity contribution in [2.24, 2.45) is 11.7 Å². The highest BCUT2D eigenvalue weighted by Gasteiger charge is 2.28. The number of carbonyl (C=O) groups excluding carboxylic acids is 5. The summed E-state index contributed by atoms with van der Waals surface area (Å²) in [5.41, 5.74) is 6.35. The van der Waals surface area contributed by atoms with Crippen LogP contribution in [0.4, 0.5) is 10.5 Å². The van der Waals surface area contributed by atoms with Gasteiger partial charge in [-0.2, -0.15) is 0 Å². The van der Waals surface area contributed by atoms with Gasteiger partial charge in [0.1, 0.15) is 18.7 Å². The normalized spacial score (nSPS) is 12.2. The summed E-state index contributed by atoms with van der Waals surface area (Å²) in [6.45, 7) is 6.10. The first-order chi connectivity index (χ1) is 18.0. The van der Waals surface area contributed by atoms with Crippen LogP contribution in [0, 0.1) is 5.92 Å². The Kier molecular flexibility index (Phi) is 15.1. The van der Waals surface area contributed by atoms with Crippen LogP contribution in [0.5, 0.6) is 0 Å². The topological polar surface area (TPSA) is 181 Å². The zero-order valence-electron chi connectivity index (χ0n) is 22.7. The van der Waals surface area contributed by atoms with Gasteiger partial charge in [-0.05, 0) is 62.9 Å². The molecule has 212 valence electrons. The number of urea groups is 1. The average Bonchev–Trinajstić information content (AvgIpc) is 2.86. The van der Waals surface area contributed by atoms with Gasteiger partial charge in [0.15, 0.2) is 0 Å². The van der Waals surface area contributed by atoms with Crippen LogP contribution in [0.15, 0.2) is 24.3 Å². The number of rotatable bonds is 17. The second-order valence-electron chi connectivity index (χ2n) is 9.31. The molecule has 38 heavy (non-hydrogen) atoms. The minimum absolute atomic E-state index is 0.118. The standard InChI is InChI=1S/C26H42N6O6/c1-17(2)23(32-22(34)9-5-6-14-28-4)25(36)31-21(8-7-15-29-26(27)37)24(35)30-20-12-10-19(11-13-20)16-38-18(3)33/h10-13,17,21,23,28H,5-9,14-16H2,1-4H3,(H,30,35)(H,31,36)(H,32,34)(H3,27,29,37)/t21-,23+/m0/s1. The summed E-state index contributed by atoms with van der Waals surface area (Å²) in [6, 6.07) is 4.33. The molecule has 12 nitrogen and oxygen atoms in total. The Morgan fingerprint density at radius 1 is 0.921 bits per heavy atom.